The van der Waals surface area contributed by atoms with E-state index < -0.39 is 0 Å². The van der Waals surface area contributed by atoms with Gasteiger partial charge in [-0.1, -0.05) is 13.8 Å². The molecule has 0 saturated carbocycles. The summed E-state index contributed by atoms with van der Waals surface area (Å²) < 4.78 is 2.13. The number of fused-ring (bicyclic) bond motifs is 1. The minimum Gasteiger partial charge on any atom is -0.366 e. The van der Waals surface area contributed by atoms with Gasteiger partial charge in [-0.2, -0.15) is 11.8 Å². The predicted molar refractivity (Wildman–Crippen MR) is 86.1 cm³/mol. The topological polar surface area (TPSA) is 80.3 Å². The van der Waals surface area contributed by atoms with Gasteiger partial charge in [0.25, 0.3) is 0 Å². The molecule has 0 aromatic carbocycles. The molecule has 4 N–H and O–H groups in total. The van der Waals surface area contributed by atoms with Crippen molar-refractivity contribution in [3.05, 3.63) is 18.6 Å². The maximum absolute atomic E-state index is 5.46. The lowest BCUT2D eigenvalue weighted by molar-refractivity contribution is 0.574. The summed E-state index contributed by atoms with van der Waals surface area (Å²) >= 11 is 1.90. The van der Waals surface area contributed by atoms with Gasteiger partial charge < -0.3 is 15.1 Å². The van der Waals surface area contributed by atoms with Crippen molar-refractivity contribution in [3.63, 3.8) is 0 Å². The van der Waals surface area contributed by atoms with Crippen LogP contribution >= 0.6 is 11.8 Å². The fourth-order valence-corrected chi connectivity index (χ4v) is 3.02. The van der Waals surface area contributed by atoms with Crippen LogP contribution in [0.25, 0.3) is 5.65 Å². The molecule has 0 spiro atoms. The Morgan fingerprint density at radius 1 is 1.40 bits per heavy atom. The van der Waals surface area contributed by atoms with Crippen molar-refractivity contribution in [3.8, 4) is 0 Å². The van der Waals surface area contributed by atoms with Gasteiger partial charge in [0, 0.05) is 23.7 Å². The van der Waals surface area contributed by atoms with E-state index in [-0.39, 0.29) is 4.75 Å². The number of hydrogen-bond donors (Lipinski definition) is 3. The van der Waals surface area contributed by atoms with Crippen molar-refractivity contribution in [2.75, 3.05) is 23.5 Å². The summed E-state index contributed by atoms with van der Waals surface area (Å²) in [4.78, 5) is 8.79. The SMILES string of the molecule is CCC(CC)(CNc1nc(NN)cn2ccnc12)SC. The first-order chi connectivity index (χ1) is 9.68. The smallest absolute Gasteiger partial charge is 0.180 e. The van der Waals surface area contributed by atoms with E-state index in [2.05, 4.69) is 40.8 Å². The normalized spacial score (nSPS) is 11.8. The Labute approximate surface area is 123 Å². The minimum atomic E-state index is 0.220. The molecule has 0 fully saturated rings. The molecule has 0 unspecified atom stereocenters. The third-order valence-corrected chi connectivity index (χ3v) is 5.41. The molecule has 7 heteroatoms. The van der Waals surface area contributed by atoms with E-state index in [0.717, 1.165) is 30.9 Å². The van der Waals surface area contributed by atoms with E-state index in [1.165, 1.54) is 0 Å². The molecule has 0 aliphatic rings. The number of imidazole rings is 1. The van der Waals surface area contributed by atoms with Crippen LogP contribution in [0.15, 0.2) is 18.6 Å². The molecule has 2 rings (SSSR count). The first kappa shape index (κ1) is 14.9. The minimum absolute atomic E-state index is 0.220. The number of nitrogen functional groups attached to an aromatic ring is 1. The number of nitrogens with zero attached hydrogens (tertiary/aromatic N) is 3. The molecule has 0 bridgehead atoms. The van der Waals surface area contributed by atoms with Crippen LogP contribution in [-0.2, 0) is 0 Å². The molecule has 0 aliphatic carbocycles. The van der Waals surface area contributed by atoms with E-state index in [1.54, 1.807) is 6.20 Å². The zero-order chi connectivity index (χ0) is 14.6. The Hall–Kier alpha value is -1.47. The van der Waals surface area contributed by atoms with Crippen LogP contribution in [0, 0.1) is 0 Å². The van der Waals surface area contributed by atoms with Crippen LogP contribution < -0.4 is 16.6 Å². The standard InChI is InChI=1S/C13H22N6S/c1-4-13(5-2,20-3)9-16-11-12-15-6-7-19(12)8-10(17-11)18-14/h6-8,18H,4-5,9,14H2,1-3H3,(H,16,17). The number of nitrogens with two attached hydrogens (primary N) is 1. The van der Waals surface area contributed by atoms with E-state index in [0.29, 0.717) is 5.82 Å². The van der Waals surface area contributed by atoms with Crippen LogP contribution in [0.2, 0.25) is 0 Å². The molecule has 110 valence electrons. The number of nitrogens with one attached hydrogen (secondary N) is 2. The molecule has 0 amide bonds. The average Bonchev–Trinajstić information content (AvgIpc) is 2.97. The highest BCUT2D eigenvalue weighted by Crippen LogP contribution is 2.31. The summed E-state index contributed by atoms with van der Waals surface area (Å²) in [5, 5.41) is 3.43. The number of hydrazine groups is 1. The summed E-state index contributed by atoms with van der Waals surface area (Å²) in [6.45, 7) is 5.29. The van der Waals surface area contributed by atoms with Crippen molar-refractivity contribution in [1.82, 2.24) is 14.4 Å². The molecule has 2 aromatic heterocycles. The quantitative estimate of drug-likeness (QED) is 0.537. The number of thioether (sulfide) groups is 1. The Kier molecular flexibility index (Phi) is 4.72. The number of rotatable bonds is 7. The maximum atomic E-state index is 5.46. The highest BCUT2D eigenvalue weighted by Gasteiger charge is 2.25. The van der Waals surface area contributed by atoms with Crippen LogP contribution in [0.3, 0.4) is 0 Å². The molecule has 0 aliphatic heterocycles. The maximum Gasteiger partial charge on any atom is 0.180 e. The molecule has 2 heterocycles. The second-order valence-corrected chi connectivity index (χ2v) is 6.00. The zero-order valence-corrected chi connectivity index (χ0v) is 13.0. The predicted octanol–water partition coefficient (Wildman–Crippen LogP) is 2.35. The molecular weight excluding hydrogens is 272 g/mol. The molecule has 0 saturated heterocycles. The van der Waals surface area contributed by atoms with Crippen molar-refractivity contribution in [2.24, 2.45) is 5.84 Å². The summed E-state index contributed by atoms with van der Waals surface area (Å²) in [5.74, 6) is 6.83. The van der Waals surface area contributed by atoms with E-state index in [1.807, 2.05) is 28.6 Å². The lowest BCUT2D eigenvalue weighted by atomic mass is 10.0. The van der Waals surface area contributed by atoms with Gasteiger partial charge in [0.05, 0.1) is 6.20 Å². The molecule has 20 heavy (non-hydrogen) atoms. The molecule has 6 nitrogen and oxygen atoms in total. The highest BCUT2D eigenvalue weighted by molar-refractivity contribution is 8.00. The third kappa shape index (κ3) is 2.83. The second kappa shape index (κ2) is 6.32. The van der Waals surface area contributed by atoms with Gasteiger partial charge in [-0.25, -0.2) is 15.8 Å². The summed E-state index contributed by atoms with van der Waals surface area (Å²) in [6, 6.07) is 0. The first-order valence-corrected chi connectivity index (χ1v) is 8.00. The van der Waals surface area contributed by atoms with Crippen LogP contribution in [-0.4, -0.2) is 31.9 Å². The Balaban J connectivity index is 2.26. The Bertz CT molecular complexity index is 555. The number of anilines is 2. The molecule has 2 aromatic rings. The highest BCUT2D eigenvalue weighted by atomic mass is 32.2. The largest absolute Gasteiger partial charge is 0.366 e. The van der Waals surface area contributed by atoms with Gasteiger partial charge in [-0.3, -0.25) is 0 Å². The fraction of sp³-hybridized carbons (Fsp3) is 0.538. The van der Waals surface area contributed by atoms with Gasteiger partial charge >= 0.3 is 0 Å². The van der Waals surface area contributed by atoms with Gasteiger partial charge in [0.15, 0.2) is 17.3 Å². The molecule has 0 atom stereocenters. The van der Waals surface area contributed by atoms with Crippen molar-refractivity contribution in [2.45, 2.75) is 31.4 Å². The van der Waals surface area contributed by atoms with Crippen LogP contribution in [0.4, 0.5) is 11.6 Å². The Morgan fingerprint density at radius 2 is 2.15 bits per heavy atom. The van der Waals surface area contributed by atoms with Gasteiger partial charge in [0.1, 0.15) is 0 Å². The fourth-order valence-electron chi connectivity index (χ4n) is 2.23. The third-order valence-electron chi connectivity index (χ3n) is 3.82. The van der Waals surface area contributed by atoms with E-state index in [9.17, 15) is 0 Å². The lowest BCUT2D eigenvalue weighted by Gasteiger charge is -2.30. The Morgan fingerprint density at radius 3 is 2.75 bits per heavy atom. The van der Waals surface area contributed by atoms with Gasteiger partial charge in [-0.15, -0.1) is 0 Å². The van der Waals surface area contributed by atoms with E-state index in [4.69, 9.17) is 5.84 Å². The summed E-state index contributed by atoms with van der Waals surface area (Å²) in [7, 11) is 0. The molecular formula is C13H22N6S. The van der Waals surface area contributed by atoms with Crippen molar-refractivity contribution >= 4 is 29.0 Å². The monoisotopic (exact) mass is 294 g/mol. The van der Waals surface area contributed by atoms with Gasteiger partial charge in [-0.05, 0) is 19.1 Å². The first-order valence-electron chi connectivity index (χ1n) is 6.77. The lowest BCUT2D eigenvalue weighted by Crippen LogP contribution is -2.32. The van der Waals surface area contributed by atoms with E-state index >= 15 is 0 Å². The van der Waals surface area contributed by atoms with Gasteiger partial charge in [0.2, 0.25) is 0 Å². The van der Waals surface area contributed by atoms with Crippen molar-refractivity contribution in [1.29, 1.82) is 0 Å². The van der Waals surface area contributed by atoms with Crippen molar-refractivity contribution < 1.29 is 0 Å². The average molecular weight is 294 g/mol. The zero-order valence-electron chi connectivity index (χ0n) is 12.2. The summed E-state index contributed by atoms with van der Waals surface area (Å²) in [5.41, 5.74) is 3.39. The number of hydrogen-bond acceptors (Lipinski definition) is 6. The summed E-state index contributed by atoms with van der Waals surface area (Å²) in [6.07, 6.45) is 9.82. The molecule has 0 radical (unpaired) electrons. The second-order valence-electron chi connectivity index (χ2n) is 4.73. The van der Waals surface area contributed by atoms with Crippen LogP contribution in [0.5, 0.6) is 0 Å². The number of aromatic nitrogens is 3. The van der Waals surface area contributed by atoms with Crippen LogP contribution in [0.1, 0.15) is 26.7 Å².